The number of terminal acetylenes is 1. The van der Waals surface area contributed by atoms with E-state index in [0.29, 0.717) is 17.9 Å². The van der Waals surface area contributed by atoms with Crippen LogP contribution in [0.3, 0.4) is 0 Å². The Bertz CT molecular complexity index is 555. The summed E-state index contributed by atoms with van der Waals surface area (Å²) in [7, 11) is 0. The van der Waals surface area contributed by atoms with E-state index >= 15 is 0 Å². The van der Waals surface area contributed by atoms with Crippen LogP contribution in [0.1, 0.15) is 29.6 Å². The molecule has 0 radical (unpaired) electrons. The van der Waals surface area contributed by atoms with Crippen molar-refractivity contribution < 1.29 is 14.3 Å². The van der Waals surface area contributed by atoms with Crippen LogP contribution < -0.4 is 15.8 Å². The minimum atomic E-state index is -0.261. The second-order valence-corrected chi connectivity index (χ2v) is 6.44. The number of carbonyl (C=O) groups is 2. The topological polar surface area (TPSA) is 81.4 Å². The van der Waals surface area contributed by atoms with Crippen molar-refractivity contribution in [1.82, 2.24) is 5.32 Å². The molecule has 1 unspecified atom stereocenters. The molecule has 0 aliphatic rings. The van der Waals surface area contributed by atoms with Gasteiger partial charge < -0.3 is 0 Å². The summed E-state index contributed by atoms with van der Waals surface area (Å²) in [6.45, 7) is 0.665. The Hall–Kier alpha value is -1.92. The van der Waals surface area contributed by atoms with Crippen LogP contribution in [0.4, 0.5) is 0 Å². The van der Waals surface area contributed by atoms with Crippen LogP contribution in [-0.2, 0) is 4.79 Å². The van der Waals surface area contributed by atoms with Gasteiger partial charge in [0.05, 0.1) is 0 Å². The summed E-state index contributed by atoms with van der Waals surface area (Å²) in [5.74, 6) is 2.39. The molecule has 2 atom stereocenters. The van der Waals surface area contributed by atoms with E-state index in [-0.39, 0.29) is 23.1 Å². The Morgan fingerprint density at radius 1 is 1.36 bits per heavy atom. The molecule has 0 saturated heterocycles. The molecular weight excluding hydrogens is 343 g/mol. The van der Waals surface area contributed by atoms with Gasteiger partial charge in [-0.15, -0.1) is 6.42 Å². The number of para-hydroxylation sites is 1. The summed E-state index contributed by atoms with van der Waals surface area (Å²) in [6, 6.07) is 6.96. The van der Waals surface area contributed by atoms with Gasteiger partial charge in [0.15, 0.2) is 0 Å². The van der Waals surface area contributed by atoms with Gasteiger partial charge in [0, 0.05) is 0 Å². The van der Waals surface area contributed by atoms with Crippen LogP contribution in [0, 0.1) is 12.3 Å². The van der Waals surface area contributed by atoms with Gasteiger partial charge in [-0.1, -0.05) is 0 Å². The van der Waals surface area contributed by atoms with E-state index < -0.39 is 0 Å². The fourth-order valence-corrected chi connectivity index (χ4v) is 2.32. The van der Waals surface area contributed by atoms with E-state index in [0.717, 1.165) is 19.3 Å². The Morgan fingerprint density at radius 2 is 2.09 bits per heavy atom. The Morgan fingerprint density at radius 3 is 2.77 bits per heavy atom. The van der Waals surface area contributed by atoms with Crippen LogP contribution >= 0.6 is 0 Å². The van der Waals surface area contributed by atoms with Crippen molar-refractivity contribution in [2.45, 2.75) is 24.0 Å². The first-order valence-electron chi connectivity index (χ1n) is 7.04. The summed E-state index contributed by atoms with van der Waals surface area (Å²) in [5, 5.41) is 2.84. The van der Waals surface area contributed by atoms with Gasteiger partial charge in [0.1, 0.15) is 0 Å². The van der Waals surface area contributed by atoms with Gasteiger partial charge in [-0.2, -0.15) is 0 Å². The number of hydrogen-bond donors (Lipinski definition) is 2. The van der Waals surface area contributed by atoms with E-state index in [1.54, 1.807) is 24.3 Å². The molecule has 1 aromatic carbocycles. The van der Waals surface area contributed by atoms with Gasteiger partial charge in [-0.05, 0) is 0 Å². The van der Waals surface area contributed by atoms with Gasteiger partial charge in [-0.3, -0.25) is 0 Å². The van der Waals surface area contributed by atoms with E-state index in [2.05, 4.69) is 11.2 Å². The average Bonchev–Trinajstić information content (AvgIpc) is 2.52. The van der Waals surface area contributed by atoms with Crippen molar-refractivity contribution in [2.75, 3.05) is 13.2 Å². The zero-order valence-electron chi connectivity index (χ0n) is 12.4. The number of primary amides is 1. The number of carbonyl (C=O) groups excluding carboxylic acids is 2. The zero-order valence-corrected chi connectivity index (χ0v) is 14.8. The molecule has 0 aliphatic carbocycles. The van der Waals surface area contributed by atoms with Crippen LogP contribution in [0.2, 0.25) is 4.71 Å². The van der Waals surface area contributed by atoms with Crippen molar-refractivity contribution >= 4 is 28.7 Å². The number of unbranched alkanes of at least 4 members (excludes halogenated alkanes) is 1. The maximum absolute atomic E-state index is 12.1. The molecule has 6 heteroatoms. The molecule has 118 valence electrons. The van der Waals surface area contributed by atoms with Crippen molar-refractivity contribution in [2.24, 2.45) is 5.73 Å². The van der Waals surface area contributed by atoms with E-state index in [9.17, 15) is 9.59 Å². The number of hydrogen-bond acceptors (Lipinski definition) is 3. The molecule has 2 amide bonds. The zero-order chi connectivity index (χ0) is 16.4. The van der Waals surface area contributed by atoms with Crippen molar-refractivity contribution in [3.05, 3.63) is 29.8 Å². The molecule has 3 N–H and O–H groups in total. The third-order valence-electron chi connectivity index (χ3n) is 3.04. The van der Waals surface area contributed by atoms with E-state index in [4.69, 9.17) is 16.9 Å². The Labute approximate surface area is 139 Å². The molecule has 0 spiro atoms. The second-order valence-electron chi connectivity index (χ2n) is 4.75. The summed E-state index contributed by atoms with van der Waals surface area (Å²) in [4.78, 5) is 23.0. The van der Waals surface area contributed by atoms with E-state index in [1.807, 2.05) is 0 Å². The van der Waals surface area contributed by atoms with Crippen molar-refractivity contribution in [3.8, 4) is 18.1 Å². The molecule has 0 fully saturated rings. The molecule has 0 bridgehead atoms. The number of nitrogens with two attached hydrogens (primary N) is 1. The number of ether oxygens (including phenoxy) is 1. The number of nitrogens with one attached hydrogen (secondary N) is 1. The first-order valence-corrected chi connectivity index (χ1v) is 8.44. The first-order chi connectivity index (χ1) is 10.6. The summed E-state index contributed by atoms with van der Waals surface area (Å²) in [6.07, 6.45) is 7.56. The van der Waals surface area contributed by atoms with Crippen LogP contribution in [0.15, 0.2) is 24.3 Å². The van der Waals surface area contributed by atoms with Gasteiger partial charge >= 0.3 is 133 Å². The van der Waals surface area contributed by atoms with Crippen LogP contribution in [0.25, 0.3) is 0 Å². The molecule has 1 rings (SSSR count). The predicted octanol–water partition coefficient (Wildman–Crippen LogP) is 0.506. The minimum absolute atomic E-state index is 0.0684. The van der Waals surface area contributed by atoms with Gasteiger partial charge in [-0.25, -0.2) is 0 Å². The normalized spacial score (nSPS) is 11.3. The van der Waals surface area contributed by atoms with Crippen LogP contribution in [-0.4, -0.2) is 41.8 Å². The fourth-order valence-electron chi connectivity index (χ4n) is 1.83. The third-order valence-corrected chi connectivity index (χ3v) is 4.42. The third kappa shape index (κ3) is 6.24. The Kier molecular flexibility index (Phi) is 8.17. The van der Waals surface area contributed by atoms with Gasteiger partial charge in [0.2, 0.25) is 0 Å². The molecule has 22 heavy (non-hydrogen) atoms. The number of rotatable bonds is 9. The standard InChI is InChI=1S/C16H21AsN2O3/c1-2-11-22-14-9-4-3-7-12(14)16(21)19-10-6-5-8-13(17)15(18)20/h1,3-4,7,9,13H,5-6,8,10-11,17H2,(H2,18,20)(H,19,21)/t13-/m0/s1. The summed E-state index contributed by atoms with van der Waals surface area (Å²) >= 11 is 1.34. The molecule has 0 saturated carbocycles. The molecule has 0 heterocycles. The summed E-state index contributed by atoms with van der Waals surface area (Å²) in [5.41, 5.74) is 5.67. The predicted molar refractivity (Wildman–Crippen MR) is 88.4 cm³/mol. The fraction of sp³-hybridized carbons (Fsp3) is 0.375. The quantitative estimate of drug-likeness (QED) is 0.381. The monoisotopic (exact) mass is 364 g/mol. The van der Waals surface area contributed by atoms with Crippen molar-refractivity contribution in [3.63, 3.8) is 0 Å². The number of benzene rings is 1. The van der Waals surface area contributed by atoms with E-state index in [1.165, 1.54) is 16.9 Å². The second kappa shape index (κ2) is 9.91. The number of amides is 2. The molecule has 0 aliphatic heterocycles. The maximum atomic E-state index is 12.1. The molecular formula is C16H21AsN2O3. The SMILES string of the molecule is C#CCOc1ccccc1C(=O)NCCCC[C@H]([AsH2])C(N)=O. The molecule has 0 aromatic heterocycles. The molecule has 1 aromatic rings. The molecule has 5 nitrogen and oxygen atoms in total. The Balaban J connectivity index is 2.40. The summed E-state index contributed by atoms with van der Waals surface area (Å²) < 4.78 is 5.28. The van der Waals surface area contributed by atoms with Crippen molar-refractivity contribution in [1.29, 1.82) is 0 Å². The first kappa shape index (κ1) is 18.1. The van der Waals surface area contributed by atoms with Crippen LogP contribution in [0.5, 0.6) is 5.75 Å². The average molecular weight is 364 g/mol. The van der Waals surface area contributed by atoms with Gasteiger partial charge in [0.25, 0.3) is 0 Å².